The number of rotatable bonds is 9. The summed E-state index contributed by atoms with van der Waals surface area (Å²) in [5.41, 5.74) is 2.83. The Bertz CT molecular complexity index is 1020. The molecule has 1 aliphatic rings. The van der Waals surface area contributed by atoms with Crippen LogP contribution < -0.4 is 10.1 Å². The molecule has 0 aliphatic carbocycles. The molecule has 2 heterocycles. The zero-order valence-electron chi connectivity index (χ0n) is 19.0. The summed E-state index contributed by atoms with van der Waals surface area (Å²) < 4.78 is 13.7. The van der Waals surface area contributed by atoms with Gasteiger partial charge >= 0.3 is 0 Å². The van der Waals surface area contributed by atoms with Gasteiger partial charge in [0.15, 0.2) is 0 Å². The third kappa shape index (κ3) is 5.50. The third-order valence-electron chi connectivity index (χ3n) is 5.74. The molecule has 32 heavy (non-hydrogen) atoms. The quantitative estimate of drug-likeness (QED) is 0.553. The molecule has 1 fully saturated rings. The van der Waals surface area contributed by atoms with Gasteiger partial charge in [-0.2, -0.15) is 0 Å². The number of aromatic nitrogens is 1. The van der Waals surface area contributed by atoms with Crippen molar-refractivity contribution >= 4 is 16.8 Å². The average Bonchev–Trinajstić information content (AvgIpc) is 3.17. The molecule has 170 valence electrons. The smallest absolute Gasteiger partial charge is 0.267 e. The molecule has 1 saturated heterocycles. The minimum absolute atomic E-state index is 0.0379. The summed E-state index contributed by atoms with van der Waals surface area (Å²) in [6.07, 6.45) is 0. The van der Waals surface area contributed by atoms with Crippen LogP contribution in [0.3, 0.4) is 0 Å². The predicted molar refractivity (Wildman–Crippen MR) is 127 cm³/mol. The summed E-state index contributed by atoms with van der Waals surface area (Å²) in [5, 5.41) is 4.09. The minimum atomic E-state index is -0.0379. The number of nitrogens with zero attached hydrogens (tertiary/aromatic N) is 2. The molecule has 0 radical (unpaired) electrons. The zero-order valence-corrected chi connectivity index (χ0v) is 19.0. The van der Waals surface area contributed by atoms with Gasteiger partial charge in [0.2, 0.25) is 0 Å². The first-order chi connectivity index (χ1) is 15.6. The van der Waals surface area contributed by atoms with Crippen LogP contribution in [0.25, 0.3) is 10.9 Å². The van der Waals surface area contributed by atoms with Gasteiger partial charge in [-0.3, -0.25) is 9.69 Å². The first kappa shape index (κ1) is 22.4. The lowest BCUT2D eigenvalue weighted by Gasteiger charge is -2.26. The molecule has 0 saturated carbocycles. The summed E-state index contributed by atoms with van der Waals surface area (Å²) in [5.74, 6) is 1.18. The Morgan fingerprint density at radius 2 is 1.88 bits per heavy atom. The Labute approximate surface area is 190 Å². The van der Waals surface area contributed by atoms with Gasteiger partial charge in [-0.1, -0.05) is 50.2 Å². The first-order valence-corrected chi connectivity index (χ1v) is 11.5. The van der Waals surface area contributed by atoms with Crippen molar-refractivity contribution < 1.29 is 14.3 Å². The van der Waals surface area contributed by atoms with Gasteiger partial charge in [-0.15, -0.1) is 0 Å². The summed E-state index contributed by atoms with van der Waals surface area (Å²) in [6, 6.07) is 18.1. The standard InChI is InChI=1S/C26H33N3O3/c1-20(2)18-29-23-9-6-10-25(32-19-21-7-4-3-5-8-21)22(23)17-24(29)26(30)27-11-12-28-13-15-31-16-14-28/h3-10,17,20H,11-16,18-19H2,1-2H3,(H,27,30). The van der Waals surface area contributed by atoms with E-state index in [0.717, 1.165) is 61.6 Å². The topological polar surface area (TPSA) is 55.7 Å². The number of hydrogen-bond donors (Lipinski definition) is 1. The summed E-state index contributed by atoms with van der Waals surface area (Å²) >= 11 is 0. The van der Waals surface area contributed by atoms with Crippen LogP contribution in [0.15, 0.2) is 54.6 Å². The third-order valence-corrected chi connectivity index (χ3v) is 5.74. The monoisotopic (exact) mass is 435 g/mol. The van der Waals surface area contributed by atoms with Crippen LogP contribution in [-0.2, 0) is 17.9 Å². The zero-order chi connectivity index (χ0) is 22.3. The average molecular weight is 436 g/mol. The van der Waals surface area contributed by atoms with Crippen molar-refractivity contribution in [2.75, 3.05) is 39.4 Å². The second-order valence-corrected chi connectivity index (χ2v) is 8.71. The Hall–Kier alpha value is -2.83. The largest absolute Gasteiger partial charge is 0.488 e. The fourth-order valence-electron chi connectivity index (χ4n) is 4.11. The molecule has 1 N–H and O–H groups in total. The number of amides is 1. The van der Waals surface area contributed by atoms with Crippen LogP contribution in [-0.4, -0.2) is 54.8 Å². The van der Waals surface area contributed by atoms with Crippen molar-refractivity contribution in [3.8, 4) is 5.75 Å². The first-order valence-electron chi connectivity index (χ1n) is 11.5. The molecule has 2 aromatic carbocycles. The van der Waals surface area contributed by atoms with Gasteiger partial charge < -0.3 is 19.4 Å². The second kappa shape index (κ2) is 10.7. The van der Waals surface area contributed by atoms with Crippen LogP contribution in [0.5, 0.6) is 5.75 Å². The van der Waals surface area contributed by atoms with E-state index in [1.807, 2.05) is 36.4 Å². The van der Waals surface area contributed by atoms with Crippen LogP contribution in [0.2, 0.25) is 0 Å². The van der Waals surface area contributed by atoms with Gasteiger partial charge in [0.25, 0.3) is 5.91 Å². The lowest BCUT2D eigenvalue weighted by atomic mass is 10.2. The van der Waals surface area contributed by atoms with Crippen LogP contribution in [0.4, 0.5) is 0 Å². The molecule has 6 heteroatoms. The molecular formula is C26H33N3O3. The molecule has 0 atom stereocenters. The summed E-state index contributed by atoms with van der Waals surface area (Å²) in [4.78, 5) is 15.5. The highest BCUT2D eigenvalue weighted by atomic mass is 16.5. The van der Waals surface area contributed by atoms with Crippen LogP contribution in [0, 0.1) is 5.92 Å². The predicted octanol–water partition coefficient (Wildman–Crippen LogP) is 3.94. The van der Waals surface area contributed by atoms with Crippen molar-refractivity contribution in [1.82, 2.24) is 14.8 Å². The van der Waals surface area contributed by atoms with Gasteiger partial charge in [-0.25, -0.2) is 0 Å². The van der Waals surface area contributed by atoms with Gasteiger partial charge in [0.1, 0.15) is 18.1 Å². The number of hydrogen-bond acceptors (Lipinski definition) is 4. The number of morpholine rings is 1. The van der Waals surface area contributed by atoms with E-state index in [-0.39, 0.29) is 5.91 Å². The Kier molecular flexibility index (Phi) is 7.45. The Balaban J connectivity index is 1.52. The molecule has 0 unspecified atom stereocenters. The lowest BCUT2D eigenvalue weighted by Crippen LogP contribution is -2.41. The summed E-state index contributed by atoms with van der Waals surface area (Å²) in [7, 11) is 0. The Morgan fingerprint density at radius 3 is 2.62 bits per heavy atom. The molecule has 6 nitrogen and oxygen atoms in total. The van der Waals surface area contributed by atoms with E-state index in [0.29, 0.717) is 24.8 Å². The number of benzene rings is 2. The van der Waals surface area contributed by atoms with Crippen molar-refractivity contribution in [2.45, 2.75) is 27.0 Å². The van der Waals surface area contributed by atoms with Gasteiger partial charge in [-0.05, 0) is 29.7 Å². The fourth-order valence-corrected chi connectivity index (χ4v) is 4.11. The van der Waals surface area contributed by atoms with Gasteiger partial charge in [0.05, 0.1) is 18.7 Å². The normalized spacial score (nSPS) is 14.7. The number of nitrogens with one attached hydrogen (secondary N) is 1. The Morgan fingerprint density at radius 1 is 1.09 bits per heavy atom. The number of carbonyl (C=O) groups excluding carboxylic acids is 1. The van der Waals surface area contributed by atoms with Crippen LogP contribution in [0.1, 0.15) is 29.9 Å². The van der Waals surface area contributed by atoms with Crippen molar-refractivity contribution in [1.29, 1.82) is 0 Å². The van der Waals surface area contributed by atoms with E-state index in [1.165, 1.54) is 0 Å². The van der Waals surface area contributed by atoms with Crippen molar-refractivity contribution in [3.63, 3.8) is 0 Å². The van der Waals surface area contributed by atoms with Crippen molar-refractivity contribution in [2.24, 2.45) is 5.92 Å². The maximum atomic E-state index is 13.1. The molecule has 1 amide bonds. The molecule has 4 rings (SSSR count). The highest BCUT2D eigenvalue weighted by Crippen LogP contribution is 2.30. The highest BCUT2D eigenvalue weighted by Gasteiger charge is 2.19. The number of fused-ring (bicyclic) bond motifs is 1. The van der Waals surface area contributed by atoms with Crippen molar-refractivity contribution in [3.05, 3.63) is 65.9 Å². The van der Waals surface area contributed by atoms with E-state index in [1.54, 1.807) is 0 Å². The van der Waals surface area contributed by atoms with E-state index in [9.17, 15) is 4.79 Å². The number of carbonyl (C=O) groups is 1. The molecule has 0 spiro atoms. The second-order valence-electron chi connectivity index (χ2n) is 8.71. The van der Waals surface area contributed by atoms with Gasteiger partial charge in [0, 0.05) is 38.1 Å². The molecule has 3 aromatic rings. The molecule has 0 bridgehead atoms. The minimum Gasteiger partial charge on any atom is -0.488 e. The van der Waals surface area contributed by atoms with E-state index >= 15 is 0 Å². The molecule has 1 aliphatic heterocycles. The van der Waals surface area contributed by atoms with E-state index < -0.39 is 0 Å². The molecule has 1 aromatic heterocycles. The van der Waals surface area contributed by atoms with E-state index in [2.05, 4.69) is 46.8 Å². The maximum absolute atomic E-state index is 13.1. The maximum Gasteiger partial charge on any atom is 0.267 e. The lowest BCUT2D eigenvalue weighted by molar-refractivity contribution is 0.0383. The summed E-state index contributed by atoms with van der Waals surface area (Å²) in [6.45, 7) is 10.4. The SMILES string of the molecule is CC(C)Cn1c(C(=O)NCCN2CCOCC2)cc2c(OCc3ccccc3)cccc21. The molecular weight excluding hydrogens is 402 g/mol. The number of ether oxygens (including phenoxy) is 2. The highest BCUT2D eigenvalue weighted by molar-refractivity contribution is 6.00. The van der Waals surface area contributed by atoms with E-state index in [4.69, 9.17) is 9.47 Å². The fraction of sp³-hybridized carbons (Fsp3) is 0.423. The van der Waals surface area contributed by atoms with Crippen LogP contribution >= 0.6 is 0 Å².